The number of fused-ring (bicyclic) bond motifs is 3. The maximum atomic E-state index is 13.6. The lowest BCUT2D eigenvalue weighted by molar-refractivity contribution is 0.0606. The van der Waals surface area contributed by atoms with Crippen LogP contribution in [-0.2, 0) is 15.4 Å². The molecule has 0 radical (unpaired) electrons. The summed E-state index contributed by atoms with van der Waals surface area (Å²) in [6.07, 6.45) is 7.52. The molecule has 4 heterocycles. The van der Waals surface area contributed by atoms with Crippen molar-refractivity contribution >= 4 is 38.6 Å². The van der Waals surface area contributed by atoms with Gasteiger partial charge in [0.1, 0.15) is 10.7 Å². The topological polar surface area (TPSA) is 102 Å². The minimum absolute atomic E-state index is 0.0169. The van der Waals surface area contributed by atoms with Crippen molar-refractivity contribution in [1.82, 2.24) is 19.4 Å². The van der Waals surface area contributed by atoms with Crippen LogP contribution >= 0.6 is 11.6 Å². The van der Waals surface area contributed by atoms with Crippen LogP contribution in [-0.4, -0.2) is 65.4 Å². The minimum Gasteiger partial charge on any atom is -0.339 e. The van der Waals surface area contributed by atoms with Gasteiger partial charge in [-0.2, -0.15) is 0 Å². The zero-order valence-corrected chi connectivity index (χ0v) is 29.7. The van der Waals surface area contributed by atoms with Crippen LogP contribution in [0.5, 0.6) is 0 Å². The Balaban J connectivity index is 1.10. The highest BCUT2D eigenvalue weighted by Gasteiger charge is 2.44. The number of nitrogens with zero attached hydrogens (tertiary/aromatic N) is 4. The van der Waals surface area contributed by atoms with Crippen LogP contribution in [0.1, 0.15) is 98.1 Å². The van der Waals surface area contributed by atoms with E-state index in [-0.39, 0.29) is 26.8 Å². The summed E-state index contributed by atoms with van der Waals surface area (Å²) in [6, 6.07) is 23.5. The highest BCUT2D eigenvalue weighted by molar-refractivity contribution is 7.89. The molecule has 1 unspecified atom stereocenters. The number of aromatic nitrogens is 2. The number of primary sulfonamides is 1. The minimum atomic E-state index is -4.05. The normalized spacial score (nSPS) is 22.9. The molecular weight excluding hydrogens is 642 g/mol. The highest BCUT2D eigenvalue weighted by atomic mass is 35.5. The van der Waals surface area contributed by atoms with E-state index in [1.165, 1.54) is 41.6 Å². The quantitative estimate of drug-likeness (QED) is 0.211. The molecule has 0 saturated carbocycles. The van der Waals surface area contributed by atoms with Crippen molar-refractivity contribution in [1.29, 1.82) is 0 Å². The highest BCUT2D eigenvalue weighted by Crippen LogP contribution is 2.45. The van der Waals surface area contributed by atoms with E-state index in [4.69, 9.17) is 21.7 Å². The van der Waals surface area contributed by atoms with Crippen molar-refractivity contribution in [3.05, 3.63) is 94.3 Å². The third kappa shape index (κ3) is 6.19. The van der Waals surface area contributed by atoms with Gasteiger partial charge in [0.15, 0.2) is 0 Å². The Kier molecular flexibility index (Phi) is 8.94. The summed E-state index contributed by atoms with van der Waals surface area (Å²) in [4.78, 5) is 23.0. The molecule has 10 heteroatoms. The average Bonchev–Trinajstić information content (AvgIpc) is 3.53. The Morgan fingerprint density at radius 2 is 1.69 bits per heavy atom. The lowest BCUT2D eigenvalue weighted by atomic mass is 9.69. The Bertz CT molecular complexity index is 1930. The van der Waals surface area contributed by atoms with Crippen molar-refractivity contribution in [2.45, 2.75) is 100 Å². The molecule has 3 fully saturated rings. The number of halogens is 1. The number of likely N-dealkylation sites (tertiary alicyclic amines) is 1. The third-order valence-corrected chi connectivity index (χ3v) is 12.9. The summed E-state index contributed by atoms with van der Waals surface area (Å²) in [5, 5.41) is 5.39. The molecule has 0 aliphatic carbocycles. The predicted molar refractivity (Wildman–Crippen MR) is 191 cm³/mol. The number of para-hydroxylation sites is 2. The van der Waals surface area contributed by atoms with E-state index in [9.17, 15) is 13.2 Å². The van der Waals surface area contributed by atoms with Gasteiger partial charge >= 0.3 is 0 Å². The number of rotatable bonds is 8. The summed E-state index contributed by atoms with van der Waals surface area (Å²) < 4.78 is 26.7. The maximum absolute atomic E-state index is 13.6. The molecule has 4 aromatic rings. The lowest BCUT2D eigenvalue weighted by Crippen LogP contribution is -2.49. The molecule has 0 spiro atoms. The maximum Gasteiger partial charge on any atom is 0.253 e. The first-order valence-corrected chi connectivity index (χ1v) is 19.3. The fourth-order valence-electron chi connectivity index (χ4n) is 8.88. The number of hydrogen-bond acceptors (Lipinski definition) is 5. The van der Waals surface area contributed by atoms with Crippen LogP contribution in [0, 0.1) is 6.92 Å². The summed E-state index contributed by atoms with van der Waals surface area (Å²) >= 11 is 6.11. The first-order valence-electron chi connectivity index (χ1n) is 17.3. The summed E-state index contributed by atoms with van der Waals surface area (Å²) in [6.45, 7) is 8.86. The predicted octanol–water partition coefficient (Wildman–Crippen LogP) is 7.20. The first-order chi connectivity index (χ1) is 22.9. The molecule has 2 bridgehead atoms. The van der Waals surface area contributed by atoms with E-state index in [1.54, 1.807) is 6.07 Å². The largest absolute Gasteiger partial charge is 0.339 e. The summed E-state index contributed by atoms with van der Waals surface area (Å²) in [5.41, 5.74) is 5.27. The van der Waals surface area contributed by atoms with E-state index >= 15 is 0 Å². The Morgan fingerprint density at radius 1 is 0.979 bits per heavy atom. The van der Waals surface area contributed by atoms with Crippen molar-refractivity contribution in [2.24, 2.45) is 5.14 Å². The second-order valence-electron chi connectivity index (χ2n) is 14.6. The van der Waals surface area contributed by atoms with E-state index in [0.717, 1.165) is 50.0 Å². The van der Waals surface area contributed by atoms with Gasteiger partial charge in [-0.3, -0.25) is 9.69 Å². The van der Waals surface area contributed by atoms with Gasteiger partial charge in [-0.25, -0.2) is 18.5 Å². The van der Waals surface area contributed by atoms with Gasteiger partial charge in [0.2, 0.25) is 10.0 Å². The molecule has 3 saturated heterocycles. The standard InChI is InChI=1S/C38H46ClN5O3S/c1-25(2)27-7-6-8-29(21-27)38(15-18-42(19-16-38)37(45)28-11-14-33(39)36(22-28)48(40,46)47)17-20-43-30-12-13-31(43)24-32(23-30)44-26(3)41-34-9-4-5-10-35(34)44/h4-11,14,21-22,25,30-32H,12-13,15-20,23-24H2,1-3H3,(H2,40,46,47)/t30-,31+,32?. The molecule has 3 aliphatic rings. The number of sulfonamides is 1. The van der Waals surface area contributed by atoms with E-state index in [0.29, 0.717) is 37.1 Å². The molecule has 254 valence electrons. The molecule has 1 aromatic heterocycles. The van der Waals surface area contributed by atoms with Crippen LogP contribution in [0.15, 0.2) is 71.6 Å². The molecule has 7 rings (SSSR count). The zero-order valence-electron chi connectivity index (χ0n) is 28.1. The van der Waals surface area contributed by atoms with Gasteiger partial charge in [-0.1, -0.05) is 61.8 Å². The number of hydrogen-bond donors (Lipinski definition) is 1. The number of amides is 1. The average molecular weight is 688 g/mol. The van der Waals surface area contributed by atoms with Gasteiger partial charge in [-0.15, -0.1) is 0 Å². The number of carbonyl (C=O) groups is 1. The first kappa shape index (κ1) is 33.3. The second-order valence-corrected chi connectivity index (χ2v) is 16.5. The van der Waals surface area contributed by atoms with Gasteiger partial charge in [-0.05, 0) is 111 Å². The van der Waals surface area contributed by atoms with E-state index < -0.39 is 10.0 Å². The fraction of sp³-hybridized carbons (Fsp3) is 0.474. The molecule has 8 nitrogen and oxygen atoms in total. The smallest absolute Gasteiger partial charge is 0.253 e. The molecule has 1 amide bonds. The lowest BCUT2D eigenvalue weighted by Gasteiger charge is -2.46. The SMILES string of the molecule is Cc1nc2ccccc2n1C1C[C@H]2CC[C@@H](C1)N2CCC1(c2cccc(C(C)C)c2)CCN(C(=O)c2ccc(Cl)c(S(N)(=O)=O)c2)CC1. The Morgan fingerprint density at radius 3 is 2.38 bits per heavy atom. The number of nitrogens with two attached hydrogens (primary N) is 1. The molecule has 2 N–H and O–H groups in total. The zero-order chi connectivity index (χ0) is 33.8. The van der Waals surface area contributed by atoms with Crippen molar-refractivity contribution in [2.75, 3.05) is 19.6 Å². The second kappa shape index (κ2) is 12.9. The van der Waals surface area contributed by atoms with Crippen molar-refractivity contribution in [3.63, 3.8) is 0 Å². The van der Waals surface area contributed by atoms with E-state index in [2.05, 4.69) is 78.8 Å². The van der Waals surface area contributed by atoms with E-state index in [1.807, 2.05) is 4.90 Å². The fourth-order valence-corrected chi connectivity index (χ4v) is 9.95. The summed E-state index contributed by atoms with van der Waals surface area (Å²) in [5.74, 6) is 1.35. The molecule has 3 aliphatic heterocycles. The molecule has 3 aromatic carbocycles. The Hall–Kier alpha value is -3.24. The van der Waals surface area contributed by atoms with Crippen molar-refractivity contribution < 1.29 is 13.2 Å². The molecule has 48 heavy (non-hydrogen) atoms. The van der Waals surface area contributed by atoms with Gasteiger partial charge in [0, 0.05) is 36.8 Å². The van der Waals surface area contributed by atoms with Crippen molar-refractivity contribution in [3.8, 4) is 0 Å². The third-order valence-electron chi connectivity index (χ3n) is 11.5. The van der Waals surface area contributed by atoms with Crippen LogP contribution in [0.25, 0.3) is 11.0 Å². The number of carbonyl (C=O) groups excluding carboxylic acids is 1. The van der Waals surface area contributed by atoms with Crippen LogP contribution < -0.4 is 5.14 Å². The number of aryl methyl sites for hydroxylation is 1. The van der Waals surface area contributed by atoms with Crippen LogP contribution in [0.2, 0.25) is 5.02 Å². The van der Waals surface area contributed by atoms with Gasteiger partial charge in [0.05, 0.1) is 16.1 Å². The van der Waals surface area contributed by atoms with Crippen LogP contribution in [0.3, 0.4) is 0 Å². The number of benzene rings is 3. The van der Waals surface area contributed by atoms with Gasteiger partial charge < -0.3 is 9.47 Å². The van der Waals surface area contributed by atoms with Gasteiger partial charge in [0.25, 0.3) is 5.91 Å². The van der Waals surface area contributed by atoms with Crippen LogP contribution in [0.4, 0.5) is 0 Å². The summed E-state index contributed by atoms with van der Waals surface area (Å²) in [7, 11) is -4.05. The molecule has 3 atom stereocenters. The monoisotopic (exact) mass is 687 g/mol. The molecular formula is C38H46ClN5O3S. The number of imidazole rings is 1. The Labute approximate surface area is 289 Å². The number of piperidine rings is 2.